The molecule has 0 bridgehead atoms. The van der Waals surface area contributed by atoms with Gasteiger partial charge in [-0.1, -0.05) is 23.7 Å². The summed E-state index contributed by atoms with van der Waals surface area (Å²) in [6, 6.07) is 10.9. The average Bonchev–Trinajstić information content (AvgIpc) is 2.74. The molecule has 4 heteroatoms. The molecule has 0 fully saturated rings. The van der Waals surface area contributed by atoms with E-state index in [1.165, 1.54) is 12.1 Å². The van der Waals surface area contributed by atoms with E-state index in [1.54, 1.807) is 12.1 Å². The Morgan fingerprint density at radius 3 is 2.67 bits per heavy atom. The second-order valence-electron chi connectivity index (χ2n) is 3.93. The zero-order valence-corrected chi connectivity index (χ0v) is 9.91. The van der Waals surface area contributed by atoms with E-state index in [9.17, 15) is 9.50 Å². The van der Waals surface area contributed by atoms with Crippen molar-refractivity contribution in [3.05, 3.63) is 53.3 Å². The summed E-state index contributed by atoms with van der Waals surface area (Å²) in [6.07, 6.45) is 0. The van der Waals surface area contributed by atoms with Crippen molar-refractivity contribution in [3.63, 3.8) is 0 Å². The number of para-hydroxylation sites is 1. The van der Waals surface area contributed by atoms with Crippen molar-refractivity contribution in [2.75, 3.05) is 0 Å². The van der Waals surface area contributed by atoms with Gasteiger partial charge in [-0.25, -0.2) is 4.39 Å². The maximum absolute atomic E-state index is 12.9. The summed E-state index contributed by atoms with van der Waals surface area (Å²) in [4.78, 5) is 0. The quantitative estimate of drug-likeness (QED) is 0.695. The van der Waals surface area contributed by atoms with Crippen LogP contribution < -0.4 is 0 Å². The van der Waals surface area contributed by atoms with Crippen LogP contribution in [0.2, 0.25) is 5.02 Å². The molecule has 1 heterocycles. The Bertz CT molecular complexity index is 734. The second kappa shape index (κ2) is 4.03. The number of hydrogen-bond donors (Lipinski definition) is 1. The molecule has 0 spiro atoms. The molecule has 90 valence electrons. The number of phenolic OH excluding ortho intramolecular Hbond substituents is 1. The highest BCUT2D eigenvalue weighted by Crippen LogP contribution is 2.35. The molecule has 18 heavy (non-hydrogen) atoms. The van der Waals surface area contributed by atoms with Crippen molar-refractivity contribution in [2.45, 2.75) is 0 Å². The highest BCUT2D eigenvalue weighted by atomic mass is 35.5. The van der Waals surface area contributed by atoms with Crippen molar-refractivity contribution < 1.29 is 13.9 Å². The zero-order chi connectivity index (χ0) is 12.7. The van der Waals surface area contributed by atoms with Crippen molar-refractivity contribution in [3.8, 4) is 17.1 Å². The summed E-state index contributed by atoms with van der Waals surface area (Å²) >= 11 is 6.01. The van der Waals surface area contributed by atoms with Crippen LogP contribution >= 0.6 is 11.6 Å². The van der Waals surface area contributed by atoms with E-state index >= 15 is 0 Å². The molecule has 1 N–H and O–H groups in total. The third kappa shape index (κ3) is 1.73. The number of furan rings is 1. The minimum atomic E-state index is -0.495. The van der Waals surface area contributed by atoms with Gasteiger partial charge < -0.3 is 9.52 Å². The van der Waals surface area contributed by atoms with Crippen molar-refractivity contribution in [1.82, 2.24) is 0 Å². The van der Waals surface area contributed by atoms with Gasteiger partial charge in [0.2, 0.25) is 0 Å². The van der Waals surface area contributed by atoms with Gasteiger partial charge in [-0.05, 0) is 24.3 Å². The number of benzene rings is 2. The molecule has 0 unspecified atom stereocenters. The molecule has 1 aromatic heterocycles. The van der Waals surface area contributed by atoms with E-state index in [2.05, 4.69) is 0 Å². The van der Waals surface area contributed by atoms with Crippen LogP contribution in [0.15, 0.2) is 46.9 Å². The largest absolute Gasteiger partial charge is 0.507 e. The standard InChI is InChI=1S/C14H8ClFO2/c15-11-3-1-2-8-6-13(18-14(8)11)10-5-4-9(16)7-12(10)17/h1-7,17H. The first-order valence-electron chi connectivity index (χ1n) is 5.32. The average molecular weight is 263 g/mol. The van der Waals surface area contributed by atoms with Gasteiger partial charge in [0.25, 0.3) is 0 Å². The molecule has 3 rings (SSSR count). The van der Waals surface area contributed by atoms with Gasteiger partial charge in [0.15, 0.2) is 5.58 Å². The molecule has 0 radical (unpaired) electrons. The van der Waals surface area contributed by atoms with E-state index in [1.807, 2.05) is 12.1 Å². The Labute approximate surface area is 107 Å². The maximum atomic E-state index is 12.9. The van der Waals surface area contributed by atoms with Crippen LogP contribution in [0.4, 0.5) is 4.39 Å². The molecule has 2 nitrogen and oxygen atoms in total. The van der Waals surface area contributed by atoms with Crippen LogP contribution in [-0.4, -0.2) is 5.11 Å². The normalized spacial score (nSPS) is 11.0. The third-order valence-electron chi connectivity index (χ3n) is 2.72. The number of rotatable bonds is 1. The van der Waals surface area contributed by atoms with Gasteiger partial charge in [-0.15, -0.1) is 0 Å². The Morgan fingerprint density at radius 1 is 1.11 bits per heavy atom. The predicted molar refractivity (Wildman–Crippen MR) is 68.3 cm³/mol. The number of phenols is 1. The van der Waals surface area contributed by atoms with Crippen LogP contribution in [0, 0.1) is 5.82 Å². The minimum absolute atomic E-state index is 0.162. The van der Waals surface area contributed by atoms with Crippen LogP contribution in [-0.2, 0) is 0 Å². The molecular formula is C14H8ClFO2. The number of fused-ring (bicyclic) bond motifs is 1. The maximum Gasteiger partial charge on any atom is 0.153 e. The Balaban J connectivity index is 2.23. The minimum Gasteiger partial charge on any atom is -0.507 e. The van der Waals surface area contributed by atoms with E-state index in [-0.39, 0.29) is 5.75 Å². The smallest absolute Gasteiger partial charge is 0.153 e. The summed E-state index contributed by atoms with van der Waals surface area (Å²) in [7, 11) is 0. The fourth-order valence-electron chi connectivity index (χ4n) is 1.87. The molecule has 0 aliphatic carbocycles. The van der Waals surface area contributed by atoms with Gasteiger partial charge in [0, 0.05) is 11.5 Å². The first kappa shape index (κ1) is 11.1. The highest BCUT2D eigenvalue weighted by molar-refractivity contribution is 6.34. The lowest BCUT2D eigenvalue weighted by Crippen LogP contribution is -1.78. The van der Waals surface area contributed by atoms with E-state index in [0.717, 1.165) is 11.5 Å². The molecule has 0 saturated carbocycles. The second-order valence-corrected chi connectivity index (χ2v) is 4.34. The zero-order valence-electron chi connectivity index (χ0n) is 9.15. The van der Waals surface area contributed by atoms with Crippen LogP contribution in [0.5, 0.6) is 5.75 Å². The molecule has 0 aliphatic heterocycles. The molecule has 2 aromatic carbocycles. The molecular weight excluding hydrogens is 255 g/mol. The van der Waals surface area contributed by atoms with E-state index in [0.29, 0.717) is 21.9 Å². The fourth-order valence-corrected chi connectivity index (χ4v) is 2.09. The number of halogens is 2. The first-order chi connectivity index (χ1) is 8.65. The van der Waals surface area contributed by atoms with Gasteiger partial charge in [0.1, 0.15) is 17.3 Å². The Morgan fingerprint density at radius 2 is 1.94 bits per heavy atom. The summed E-state index contributed by atoms with van der Waals surface area (Å²) < 4.78 is 18.5. The predicted octanol–water partition coefficient (Wildman–Crippen LogP) is 4.60. The lowest BCUT2D eigenvalue weighted by atomic mass is 10.1. The van der Waals surface area contributed by atoms with Crippen LogP contribution in [0.25, 0.3) is 22.3 Å². The summed E-state index contributed by atoms with van der Waals surface area (Å²) in [6.45, 7) is 0. The topological polar surface area (TPSA) is 33.4 Å². The number of aromatic hydroxyl groups is 1. The third-order valence-corrected chi connectivity index (χ3v) is 3.02. The Kier molecular flexibility index (Phi) is 2.49. The molecule has 0 atom stereocenters. The van der Waals surface area contributed by atoms with Gasteiger partial charge >= 0.3 is 0 Å². The van der Waals surface area contributed by atoms with Crippen molar-refractivity contribution >= 4 is 22.6 Å². The van der Waals surface area contributed by atoms with Crippen LogP contribution in [0.1, 0.15) is 0 Å². The summed E-state index contributed by atoms with van der Waals surface area (Å²) in [5.74, 6) is -0.203. The van der Waals surface area contributed by atoms with Crippen molar-refractivity contribution in [2.24, 2.45) is 0 Å². The van der Waals surface area contributed by atoms with Crippen LogP contribution in [0.3, 0.4) is 0 Å². The first-order valence-corrected chi connectivity index (χ1v) is 5.70. The monoisotopic (exact) mass is 262 g/mol. The van der Waals surface area contributed by atoms with Gasteiger partial charge in [-0.3, -0.25) is 0 Å². The van der Waals surface area contributed by atoms with E-state index < -0.39 is 5.82 Å². The molecule has 0 saturated heterocycles. The Hall–Kier alpha value is -2.00. The molecule has 0 aliphatic rings. The lowest BCUT2D eigenvalue weighted by Gasteiger charge is -2.00. The SMILES string of the molecule is Oc1cc(F)ccc1-c1cc2cccc(Cl)c2o1. The lowest BCUT2D eigenvalue weighted by molar-refractivity contribution is 0.468. The molecule has 0 amide bonds. The van der Waals surface area contributed by atoms with Crippen molar-refractivity contribution in [1.29, 1.82) is 0 Å². The van der Waals surface area contributed by atoms with Gasteiger partial charge in [0.05, 0.1) is 10.6 Å². The summed E-state index contributed by atoms with van der Waals surface area (Å²) in [5.41, 5.74) is 0.988. The number of hydrogen-bond acceptors (Lipinski definition) is 2. The highest BCUT2D eigenvalue weighted by Gasteiger charge is 2.12. The fraction of sp³-hybridized carbons (Fsp3) is 0. The van der Waals surface area contributed by atoms with E-state index in [4.69, 9.17) is 16.0 Å². The summed E-state index contributed by atoms with van der Waals surface area (Å²) in [5, 5.41) is 11.0. The molecule has 3 aromatic rings. The van der Waals surface area contributed by atoms with Gasteiger partial charge in [-0.2, -0.15) is 0 Å².